The van der Waals surface area contributed by atoms with E-state index in [1.807, 2.05) is 0 Å². The van der Waals surface area contributed by atoms with Crippen LogP contribution >= 0.6 is 0 Å². The van der Waals surface area contributed by atoms with Crippen LogP contribution in [0.15, 0.2) is 42.6 Å². The number of carbonyl (C=O) groups excluding carboxylic acids is 2. The summed E-state index contributed by atoms with van der Waals surface area (Å²) in [5.41, 5.74) is 0.770. The highest BCUT2D eigenvalue weighted by molar-refractivity contribution is 5.91. The molecule has 0 aliphatic heterocycles. The van der Waals surface area contributed by atoms with Crippen LogP contribution in [0.3, 0.4) is 0 Å². The minimum absolute atomic E-state index is 0.00191. The Bertz CT molecular complexity index is 716. The number of pyridine rings is 1. The molecule has 2 aromatic rings. The van der Waals surface area contributed by atoms with E-state index < -0.39 is 6.04 Å². The topological polar surface area (TPSA) is 101 Å². The molecule has 1 heterocycles. The van der Waals surface area contributed by atoms with Crippen molar-refractivity contribution in [3.05, 3.63) is 48.2 Å². The lowest BCUT2D eigenvalue weighted by Crippen LogP contribution is -2.29. The van der Waals surface area contributed by atoms with Gasteiger partial charge in [0.2, 0.25) is 11.8 Å². The predicted octanol–water partition coefficient (Wildman–Crippen LogP) is 2.00. The predicted molar refractivity (Wildman–Crippen MR) is 88.7 cm³/mol. The molecule has 0 saturated heterocycles. The summed E-state index contributed by atoms with van der Waals surface area (Å²) < 4.78 is 5.10. The van der Waals surface area contributed by atoms with Gasteiger partial charge in [0.15, 0.2) is 11.6 Å². The van der Waals surface area contributed by atoms with Gasteiger partial charge in [-0.25, -0.2) is 4.98 Å². The summed E-state index contributed by atoms with van der Waals surface area (Å²) in [5.74, 6) is 0.0243. The first kappa shape index (κ1) is 17.3. The molecule has 0 radical (unpaired) electrons. The van der Waals surface area contributed by atoms with Gasteiger partial charge < -0.3 is 20.5 Å². The Hall–Kier alpha value is -3.09. The van der Waals surface area contributed by atoms with Gasteiger partial charge in [0, 0.05) is 13.1 Å². The number of benzene rings is 1. The third-order valence-corrected chi connectivity index (χ3v) is 3.33. The van der Waals surface area contributed by atoms with Crippen molar-refractivity contribution in [1.29, 1.82) is 0 Å². The van der Waals surface area contributed by atoms with Crippen molar-refractivity contribution in [2.45, 2.75) is 19.4 Å². The first-order valence-corrected chi connectivity index (χ1v) is 7.34. The minimum atomic E-state index is -0.501. The van der Waals surface area contributed by atoms with Gasteiger partial charge in [-0.15, -0.1) is 0 Å². The van der Waals surface area contributed by atoms with Crippen molar-refractivity contribution in [1.82, 2.24) is 10.3 Å². The van der Waals surface area contributed by atoms with Gasteiger partial charge in [-0.05, 0) is 29.8 Å². The van der Waals surface area contributed by atoms with Gasteiger partial charge in [0.25, 0.3) is 0 Å². The maximum Gasteiger partial charge on any atom is 0.228 e. The number of aromatic hydroxyl groups is 1. The Kier molecular flexibility index (Phi) is 5.73. The molecule has 0 aliphatic carbocycles. The van der Waals surface area contributed by atoms with Crippen molar-refractivity contribution in [3.63, 3.8) is 0 Å². The van der Waals surface area contributed by atoms with Crippen LogP contribution in [0.25, 0.3) is 0 Å². The number of rotatable bonds is 6. The highest BCUT2D eigenvalue weighted by Gasteiger charge is 2.18. The van der Waals surface area contributed by atoms with E-state index in [1.54, 1.807) is 37.4 Å². The first-order valence-electron chi connectivity index (χ1n) is 7.34. The molecule has 2 rings (SSSR count). The van der Waals surface area contributed by atoms with Gasteiger partial charge >= 0.3 is 0 Å². The molecule has 7 heteroatoms. The largest absolute Gasteiger partial charge is 0.504 e. The van der Waals surface area contributed by atoms with E-state index in [4.69, 9.17) is 4.74 Å². The third-order valence-electron chi connectivity index (χ3n) is 3.33. The van der Waals surface area contributed by atoms with E-state index in [0.717, 1.165) is 5.56 Å². The van der Waals surface area contributed by atoms with Gasteiger partial charge in [0.05, 0.1) is 19.6 Å². The lowest BCUT2D eigenvalue weighted by molar-refractivity contribution is -0.120. The highest BCUT2D eigenvalue weighted by Crippen LogP contribution is 2.23. The molecule has 7 nitrogen and oxygen atoms in total. The highest BCUT2D eigenvalue weighted by atomic mass is 16.5. The number of methoxy groups -OCH3 is 1. The van der Waals surface area contributed by atoms with E-state index in [1.165, 1.54) is 19.2 Å². The molecule has 0 saturated carbocycles. The van der Waals surface area contributed by atoms with Crippen LogP contribution in [0.2, 0.25) is 0 Å². The third kappa shape index (κ3) is 4.70. The molecule has 0 spiro atoms. The number of nitrogens with zero attached hydrogens (tertiary/aromatic N) is 1. The van der Waals surface area contributed by atoms with Crippen molar-refractivity contribution in [3.8, 4) is 11.5 Å². The first-order chi connectivity index (χ1) is 11.5. The molecule has 3 N–H and O–H groups in total. The zero-order chi connectivity index (χ0) is 17.5. The Labute approximate surface area is 139 Å². The van der Waals surface area contributed by atoms with Crippen LogP contribution in [-0.4, -0.2) is 29.0 Å². The number of hydrogen-bond donors (Lipinski definition) is 3. The van der Waals surface area contributed by atoms with E-state index in [-0.39, 0.29) is 29.8 Å². The number of aromatic nitrogens is 1. The van der Waals surface area contributed by atoms with Crippen LogP contribution in [0, 0.1) is 0 Å². The molecule has 0 fully saturated rings. The van der Waals surface area contributed by atoms with Crippen molar-refractivity contribution < 1.29 is 19.4 Å². The molecule has 1 aromatic heterocycles. The van der Waals surface area contributed by atoms with Gasteiger partial charge in [-0.2, -0.15) is 0 Å². The standard InChI is InChI=1S/C17H19N3O4/c1-11(21)19-14(12-5-7-13(24-2)8-6-12)10-16(23)20-17-15(22)4-3-9-18-17/h3-9,14,22H,10H2,1-2H3,(H,19,21)(H,18,20,23). The fraction of sp³-hybridized carbons (Fsp3) is 0.235. The second-order valence-corrected chi connectivity index (χ2v) is 5.15. The summed E-state index contributed by atoms with van der Waals surface area (Å²) in [7, 11) is 1.56. The van der Waals surface area contributed by atoms with Crippen LogP contribution in [0.4, 0.5) is 5.82 Å². The fourth-order valence-corrected chi connectivity index (χ4v) is 2.20. The van der Waals surface area contributed by atoms with E-state index in [9.17, 15) is 14.7 Å². The second-order valence-electron chi connectivity index (χ2n) is 5.15. The van der Waals surface area contributed by atoms with E-state index in [0.29, 0.717) is 5.75 Å². The van der Waals surface area contributed by atoms with Crippen LogP contribution in [-0.2, 0) is 9.59 Å². The quantitative estimate of drug-likeness (QED) is 0.752. The number of anilines is 1. The molecule has 0 bridgehead atoms. The van der Waals surface area contributed by atoms with Gasteiger partial charge in [-0.3, -0.25) is 9.59 Å². The average Bonchev–Trinajstić information content (AvgIpc) is 2.56. The molecule has 0 aliphatic rings. The number of nitrogens with one attached hydrogen (secondary N) is 2. The van der Waals surface area contributed by atoms with Gasteiger partial charge in [0.1, 0.15) is 5.75 Å². The fourth-order valence-electron chi connectivity index (χ4n) is 2.20. The van der Waals surface area contributed by atoms with Gasteiger partial charge in [-0.1, -0.05) is 12.1 Å². The zero-order valence-corrected chi connectivity index (χ0v) is 13.4. The number of carbonyl (C=O) groups is 2. The maximum absolute atomic E-state index is 12.2. The minimum Gasteiger partial charge on any atom is -0.504 e. The number of hydrogen-bond acceptors (Lipinski definition) is 5. The zero-order valence-electron chi connectivity index (χ0n) is 13.4. The molecule has 1 unspecified atom stereocenters. The summed E-state index contributed by atoms with van der Waals surface area (Å²) >= 11 is 0. The summed E-state index contributed by atoms with van der Waals surface area (Å²) in [6.07, 6.45) is 1.46. The summed E-state index contributed by atoms with van der Waals surface area (Å²) in [6, 6.07) is 9.56. The number of amides is 2. The van der Waals surface area contributed by atoms with Crippen molar-refractivity contribution in [2.75, 3.05) is 12.4 Å². The van der Waals surface area contributed by atoms with Crippen LogP contribution in [0.5, 0.6) is 11.5 Å². The molecule has 1 aromatic carbocycles. The summed E-state index contributed by atoms with van der Waals surface area (Å²) in [4.78, 5) is 27.5. The van der Waals surface area contributed by atoms with E-state index >= 15 is 0 Å². The Morgan fingerprint density at radius 2 is 1.96 bits per heavy atom. The normalized spacial score (nSPS) is 11.4. The average molecular weight is 329 g/mol. The molecule has 2 amide bonds. The maximum atomic E-state index is 12.2. The Morgan fingerprint density at radius 3 is 2.54 bits per heavy atom. The number of ether oxygens (including phenoxy) is 1. The van der Waals surface area contributed by atoms with Crippen molar-refractivity contribution >= 4 is 17.6 Å². The molecular formula is C17H19N3O4. The molecule has 24 heavy (non-hydrogen) atoms. The molecule has 126 valence electrons. The summed E-state index contributed by atoms with van der Waals surface area (Å²) in [5, 5.41) is 14.9. The van der Waals surface area contributed by atoms with Crippen LogP contribution < -0.4 is 15.4 Å². The SMILES string of the molecule is COc1ccc(C(CC(=O)Nc2ncccc2O)NC(C)=O)cc1. The molecule has 1 atom stereocenters. The lowest BCUT2D eigenvalue weighted by Gasteiger charge is -2.18. The van der Waals surface area contributed by atoms with Crippen molar-refractivity contribution in [2.24, 2.45) is 0 Å². The Morgan fingerprint density at radius 1 is 1.25 bits per heavy atom. The Balaban J connectivity index is 2.11. The smallest absolute Gasteiger partial charge is 0.228 e. The lowest BCUT2D eigenvalue weighted by atomic mass is 10.0. The molecular weight excluding hydrogens is 310 g/mol. The monoisotopic (exact) mass is 329 g/mol. The second kappa shape index (κ2) is 7.96. The summed E-state index contributed by atoms with van der Waals surface area (Å²) in [6.45, 7) is 1.39. The van der Waals surface area contributed by atoms with Crippen LogP contribution in [0.1, 0.15) is 24.9 Å². The van der Waals surface area contributed by atoms with E-state index in [2.05, 4.69) is 15.6 Å².